The van der Waals surface area contributed by atoms with Gasteiger partial charge in [0.25, 0.3) is 5.91 Å². The van der Waals surface area contributed by atoms with Crippen molar-refractivity contribution in [1.29, 1.82) is 0 Å². The number of aryl methyl sites for hydroxylation is 1. The minimum Gasteiger partial charge on any atom is -0.491 e. The van der Waals surface area contributed by atoms with Crippen molar-refractivity contribution in [2.75, 3.05) is 43.5 Å². The molecule has 3 atom stereocenters. The average molecular weight is 480 g/mol. The van der Waals surface area contributed by atoms with E-state index in [4.69, 9.17) is 20.9 Å². The van der Waals surface area contributed by atoms with Crippen molar-refractivity contribution in [1.82, 2.24) is 10.3 Å². The second kappa shape index (κ2) is 8.11. The number of nitrogens with zero attached hydrogens (tertiary/aromatic N) is 2. The molecule has 5 heterocycles. The maximum absolute atomic E-state index is 13.0. The third kappa shape index (κ3) is 3.59. The summed E-state index contributed by atoms with van der Waals surface area (Å²) in [6.07, 6.45) is 1.73. The number of hydrogen-bond acceptors (Lipinski definition) is 8. The van der Waals surface area contributed by atoms with E-state index in [1.54, 1.807) is 0 Å². The van der Waals surface area contributed by atoms with Gasteiger partial charge in [0.2, 0.25) is 0 Å². The highest BCUT2D eigenvalue weighted by Gasteiger charge is 2.47. The Hall–Kier alpha value is -2.88. The maximum Gasteiger partial charge on any atom is 0.263 e. The Morgan fingerprint density at radius 2 is 2.21 bits per heavy atom. The minimum atomic E-state index is -0.179. The summed E-state index contributed by atoms with van der Waals surface area (Å²) < 4.78 is 11.7. The highest BCUT2D eigenvalue weighted by molar-refractivity contribution is 7.21. The number of benzene rings is 1. The van der Waals surface area contributed by atoms with E-state index in [-0.39, 0.29) is 23.4 Å². The summed E-state index contributed by atoms with van der Waals surface area (Å²) in [5.74, 6) is 0.697. The first kappa shape index (κ1) is 21.6. The molecule has 0 unspecified atom stereocenters. The minimum absolute atomic E-state index is 0.0643. The molecule has 3 aliphatic rings. The summed E-state index contributed by atoms with van der Waals surface area (Å²) in [6, 6.07) is 10.2. The molecule has 0 bridgehead atoms. The van der Waals surface area contributed by atoms with E-state index in [1.165, 1.54) is 11.3 Å². The third-order valence-corrected chi connectivity index (χ3v) is 8.55. The quantitative estimate of drug-likeness (QED) is 0.529. The molecule has 1 aromatic carbocycles. The van der Waals surface area contributed by atoms with Crippen LogP contribution < -0.4 is 26.4 Å². The van der Waals surface area contributed by atoms with Crippen LogP contribution in [0.25, 0.3) is 10.2 Å². The lowest BCUT2D eigenvalue weighted by Crippen LogP contribution is -2.42. The molecule has 2 saturated heterocycles. The van der Waals surface area contributed by atoms with Crippen LogP contribution in [0.5, 0.6) is 5.75 Å². The second-order valence-electron chi connectivity index (χ2n) is 9.78. The Kier molecular flexibility index (Phi) is 5.16. The van der Waals surface area contributed by atoms with Crippen LogP contribution in [-0.2, 0) is 11.2 Å². The number of nitrogen functional groups attached to an aromatic ring is 1. The first-order valence-corrected chi connectivity index (χ1v) is 12.5. The van der Waals surface area contributed by atoms with Gasteiger partial charge in [0.05, 0.1) is 18.3 Å². The molecule has 0 saturated carbocycles. The van der Waals surface area contributed by atoms with Gasteiger partial charge in [-0.3, -0.25) is 4.79 Å². The predicted molar refractivity (Wildman–Crippen MR) is 134 cm³/mol. The largest absolute Gasteiger partial charge is 0.491 e. The molecular weight excluding hydrogens is 450 g/mol. The van der Waals surface area contributed by atoms with Gasteiger partial charge in [-0.25, -0.2) is 4.98 Å². The van der Waals surface area contributed by atoms with Crippen molar-refractivity contribution in [3.05, 3.63) is 46.5 Å². The number of rotatable bonds is 3. The lowest BCUT2D eigenvalue weighted by atomic mass is 9.83. The van der Waals surface area contributed by atoms with Crippen molar-refractivity contribution in [2.24, 2.45) is 11.1 Å². The molecule has 34 heavy (non-hydrogen) atoms. The van der Waals surface area contributed by atoms with Crippen LogP contribution in [0, 0.1) is 12.3 Å². The van der Waals surface area contributed by atoms with E-state index >= 15 is 0 Å². The van der Waals surface area contributed by atoms with Gasteiger partial charge < -0.3 is 31.2 Å². The van der Waals surface area contributed by atoms with Gasteiger partial charge >= 0.3 is 0 Å². The monoisotopic (exact) mass is 479 g/mol. The molecular formula is C25H29N5O3S. The number of carbonyl (C=O) groups is 1. The second-order valence-corrected chi connectivity index (χ2v) is 10.8. The molecule has 9 heteroatoms. The van der Waals surface area contributed by atoms with Crippen LogP contribution in [0.3, 0.4) is 0 Å². The molecule has 6 rings (SSSR count). The normalized spacial score (nSPS) is 26.1. The van der Waals surface area contributed by atoms with Gasteiger partial charge in [-0.2, -0.15) is 0 Å². The number of ether oxygens (including phenoxy) is 2. The van der Waals surface area contributed by atoms with E-state index < -0.39 is 0 Å². The van der Waals surface area contributed by atoms with Gasteiger partial charge in [-0.05, 0) is 43.5 Å². The predicted octanol–water partition coefficient (Wildman–Crippen LogP) is 2.47. The van der Waals surface area contributed by atoms with Crippen LogP contribution in [0.4, 0.5) is 11.4 Å². The van der Waals surface area contributed by atoms with E-state index in [9.17, 15) is 4.79 Å². The van der Waals surface area contributed by atoms with Gasteiger partial charge in [0.1, 0.15) is 22.1 Å². The Morgan fingerprint density at radius 1 is 1.32 bits per heavy atom. The highest BCUT2D eigenvalue weighted by atomic mass is 32.1. The molecule has 3 aliphatic heterocycles. The van der Waals surface area contributed by atoms with Crippen LogP contribution in [-0.4, -0.2) is 55.9 Å². The number of nitrogens with two attached hydrogens (primary N) is 2. The topological polar surface area (TPSA) is 116 Å². The fourth-order valence-corrected chi connectivity index (χ4v) is 6.43. The third-order valence-electron chi connectivity index (χ3n) is 7.44. The van der Waals surface area contributed by atoms with E-state index in [1.807, 2.05) is 19.1 Å². The molecule has 0 radical (unpaired) electrons. The van der Waals surface area contributed by atoms with Crippen molar-refractivity contribution < 1.29 is 14.3 Å². The number of pyridine rings is 1. The fourth-order valence-electron chi connectivity index (χ4n) is 5.39. The summed E-state index contributed by atoms with van der Waals surface area (Å²) in [5, 5.41) is 3.92. The standard InChI is InChI=1S/C25H29N5O3S/c1-14-2-5-18-21(27)22(34-24(18)28-14)23(31)29-16-8-15-3-4-17(9-19(15)33-11-16)30-10-20(26)25(12-30)6-7-32-13-25/h2-5,9,16,20H,6-8,10-13,26-27H2,1H3,(H,29,31)/t16-,20+,25-/m1/s1. The summed E-state index contributed by atoms with van der Waals surface area (Å²) in [5.41, 5.74) is 16.4. The van der Waals surface area contributed by atoms with Crippen LogP contribution in [0.1, 0.15) is 27.3 Å². The van der Waals surface area contributed by atoms with Crippen molar-refractivity contribution in [3.8, 4) is 5.75 Å². The molecule has 178 valence electrons. The molecule has 3 aromatic rings. The average Bonchev–Trinajstić information content (AvgIpc) is 3.52. The Balaban J connectivity index is 1.15. The summed E-state index contributed by atoms with van der Waals surface area (Å²) in [6.45, 7) is 5.62. The molecule has 8 nitrogen and oxygen atoms in total. The highest BCUT2D eigenvalue weighted by Crippen LogP contribution is 2.41. The lowest BCUT2D eigenvalue weighted by Gasteiger charge is -2.28. The summed E-state index contributed by atoms with van der Waals surface area (Å²) in [7, 11) is 0. The zero-order valence-electron chi connectivity index (χ0n) is 19.2. The molecule has 2 fully saturated rings. The smallest absolute Gasteiger partial charge is 0.263 e. The lowest BCUT2D eigenvalue weighted by molar-refractivity contribution is 0.0920. The number of amides is 1. The number of anilines is 2. The van der Waals surface area contributed by atoms with Gasteiger partial charge in [-0.1, -0.05) is 6.07 Å². The molecule has 0 aliphatic carbocycles. The first-order valence-electron chi connectivity index (χ1n) is 11.7. The van der Waals surface area contributed by atoms with Crippen LogP contribution in [0.15, 0.2) is 30.3 Å². The number of thiophene rings is 1. The molecule has 1 spiro atoms. The SMILES string of the molecule is Cc1ccc2c(N)c(C(=O)N[C@H]3COc4cc(N5C[C@H](N)[C@]6(CCOC6)C5)ccc4C3)sc2n1. The Labute approximate surface area is 202 Å². The van der Waals surface area contributed by atoms with Crippen LogP contribution in [0.2, 0.25) is 0 Å². The van der Waals surface area contributed by atoms with E-state index in [0.717, 1.165) is 65.6 Å². The van der Waals surface area contributed by atoms with Gasteiger partial charge in [0, 0.05) is 54.0 Å². The summed E-state index contributed by atoms with van der Waals surface area (Å²) >= 11 is 1.33. The van der Waals surface area contributed by atoms with Crippen molar-refractivity contribution in [2.45, 2.75) is 31.8 Å². The number of carbonyl (C=O) groups excluding carboxylic acids is 1. The maximum atomic E-state index is 13.0. The number of aromatic nitrogens is 1. The number of nitrogens with one attached hydrogen (secondary N) is 1. The van der Waals surface area contributed by atoms with Crippen LogP contribution >= 0.6 is 11.3 Å². The number of fused-ring (bicyclic) bond motifs is 2. The fraction of sp³-hybridized carbons (Fsp3) is 0.440. The zero-order chi connectivity index (χ0) is 23.4. The van der Waals surface area contributed by atoms with Crippen molar-refractivity contribution >= 4 is 38.8 Å². The van der Waals surface area contributed by atoms with Gasteiger partial charge in [0.15, 0.2) is 0 Å². The molecule has 2 aromatic heterocycles. The Bertz CT molecular complexity index is 1270. The van der Waals surface area contributed by atoms with E-state index in [2.05, 4.69) is 33.4 Å². The first-order chi connectivity index (χ1) is 16.4. The van der Waals surface area contributed by atoms with Crippen molar-refractivity contribution in [3.63, 3.8) is 0 Å². The Morgan fingerprint density at radius 3 is 3.03 bits per heavy atom. The molecule has 1 amide bonds. The number of hydrogen-bond donors (Lipinski definition) is 3. The zero-order valence-corrected chi connectivity index (χ0v) is 20.0. The molecule has 5 N–H and O–H groups in total. The van der Waals surface area contributed by atoms with Gasteiger partial charge in [-0.15, -0.1) is 11.3 Å². The summed E-state index contributed by atoms with van der Waals surface area (Å²) in [4.78, 5) is 21.1. The van der Waals surface area contributed by atoms with E-state index in [0.29, 0.717) is 23.6 Å².